The average Bonchev–Trinajstić information content (AvgIpc) is 3.23. The fraction of sp³-hybridized carbons (Fsp3) is 0.320. The zero-order valence-electron chi connectivity index (χ0n) is 19.5. The Kier molecular flexibility index (Phi) is 8.96. The topological polar surface area (TPSA) is 79.3 Å². The molecule has 0 atom stereocenters. The molecule has 3 rings (SSSR count). The van der Waals surface area contributed by atoms with E-state index >= 15 is 0 Å². The van der Waals surface area contributed by atoms with Crippen LogP contribution in [0.15, 0.2) is 54.6 Å². The first kappa shape index (κ1) is 25.6. The van der Waals surface area contributed by atoms with Crippen LogP contribution in [0.1, 0.15) is 33.6 Å². The number of hydrogen-bond donors (Lipinski definition) is 2. The minimum absolute atomic E-state index is 0.0944. The highest BCUT2D eigenvalue weighted by Gasteiger charge is 2.21. The van der Waals surface area contributed by atoms with Crippen molar-refractivity contribution in [2.75, 3.05) is 18.4 Å². The van der Waals surface area contributed by atoms with E-state index in [2.05, 4.69) is 22.7 Å². The summed E-state index contributed by atoms with van der Waals surface area (Å²) in [4.78, 5) is 27.1. The second-order valence-corrected chi connectivity index (χ2v) is 8.96. The number of unbranched alkanes of at least 4 members (excludes halogenated alkanes) is 1. The molecule has 0 aliphatic heterocycles. The van der Waals surface area contributed by atoms with Crippen LogP contribution in [0.2, 0.25) is 10.0 Å². The van der Waals surface area contributed by atoms with E-state index in [0.29, 0.717) is 33.8 Å². The molecule has 1 heterocycles. The molecule has 2 N–H and O–H groups in total. The van der Waals surface area contributed by atoms with Crippen molar-refractivity contribution < 1.29 is 9.59 Å². The Labute approximate surface area is 210 Å². The van der Waals surface area contributed by atoms with Crippen LogP contribution in [0, 0.1) is 0 Å². The normalized spacial score (nSPS) is 10.9. The van der Waals surface area contributed by atoms with Gasteiger partial charge in [-0.2, -0.15) is 5.10 Å². The quantitative estimate of drug-likeness (QED) is 0.352. The zero-order valence-corrected chi connectivity index (χ0v) is 21.0. The smallest absolute Gasteiger partial charge is 0.318 e. The molecule has 0 saturated heterocycles. The maximum absolute atomic E-state index is 13.0. The third-order valence-corrected chi connectivity index (χ3v) is 5.94. The van der Waals surface area contributed by atoms with Crippen molar-refractivity contribution in [3.63, 3.8) is 0 Å². The Balaban J connectivity index is 1.87. The fourth-order valence-electron chi connectivity index (χ4n) is 3.33. The van der Waals surface area contributed by atoms with Gasteiger partial charge in [-0.25, -0.2) is 9.48 Å². The maximum atomic E-state index is 13.0. The van der Waals surface area contributed by atoms with Crippen LogP contribution in [0.4, 0.5) is 10.6 Å². The van der Waals surface area contributed by atoms with E-state index in [1.165, 1.54) is 4.90 Å². The van der Waals surface area contributed by atoms with Gasteiger partial charge in [0.15, 0.2) is 0 Å². The van der Waals surface area contributed by atoms with Crippen LogP contribution >= 0.6 is 23.2 Å². The molecule has 0 aliphatic carbocycles. The van der Waals surface area contributed by atoms with E-state index in [9.17, 15) is 9.59 Å². The van der Waals surface area contributed by atoms with Gasteiger partial charge in [-0.3, -0.25) is 4.79 Å². The largest absolute Gasteiger partial charge is 0.338 e. The molecule has 0 fully saturated rings. The monoisotopic (exact) mass is 501 g/mol. The summed E-state index contributed by atoms with van der Waals surface area (Å²) in [6.45, 7) is 6.29. The molecule has 2 aromatic carbocycles. The second-order valence-electron chi connectivity index (χ2n) is 8.15. The summed E-state index contributed by atoms with van der Waals surface area (Å²) >= 11 is 12.3. The number of benzene rings is 2. The Morgan fingerprint density at radius 3 is 2.44 bits per heavy atom. The van der Waals surface area contributed by atoms with Gasteiger partial charge in [-0.05, 0) is 38.5 Å². The van der Waals surface area contributed by atoms with Gasteiger partial charge >= 0.3 is 6.03 Å². The zero-order chi connectivity index (χ0) is 24.7. The van der Waals surface area contributed by atoms with Crippen molar-refractivity contribution in [1.29, 1.82) is 0 Å². The van der Waals surface area contributed by atoms with Crippen molar-refractivity contribution in [3.05, 3.63) is 64.6 Å². The molecular weight excluding hydrogens is 473 g/mol. The molecular formula is C25H29Cl2N5O2. The van der Waals surface area contributed by atoms with Crippen molar-refractivity contribution in [1.82, 2.24) is 20.0 Å². The predicted octanol–water partition coefficient (Wildman–Crippen LogP) is 6.00. The van der Waals surface area contributed by atoms with Gasteiger partial charge in [0.25, 0.3) is 0 Å². The van der Waals surface area contributed by atoms with Crippen molar-refractivity contribution in [2.24, 2.45) is 0 Å². The van der Waals surface area contributed by atoms with E-state index in [0.717, 1.165) is 18.4 Å². The summed E-state index contributed by atoms with van der Waals surface area (Å²) < 4.78 is 1.60. The number of nitrogens with zero attached hydrogens (tertiary/aromatic N) is 3. The first-order chi connectivity index (χ1) is 16.3. The van der Waals surface area contributed by atoms with Crippen LogP contribution in [0.3, 0.4) is 0 Å². The highest BCUT2D eigenvalue weighted by Crippen LogP contribution is 2.29. The maximum Gasteiger partial charge on any atom is 0.318 e. The van der Waals surface area contributed by atoms with Crippen molar-refractivity contribution in [2.45, 2.75) is 39.7 Å². The lowest BCUT2D eigenvalue weighted by atomic mass is 10.1. The molecule has 180 valence electrons. The van der Waals surface area contributed by atoms with Gasteiger partial charge in [-0.1, -0.05) is 66.9 Å². The minimum atomic E-state index is -0.333. The predicted molar refractivity (Wildman–Crippen MR) is 138 cm³/mol. The van der Waals surface area contributed by atoms with Crippen molar-refractivity contribution in [3.8, 4) is 16.9 Å². The number of halogens is 2. The lowest BCUT2D eigenvalue weighted by Crippen LogP contribution is -2.47. The van der Waals surface area contributed by atoms with E-state index < -0.39 is 0 Å². The molecule has 0 bridgehead atoms. The van der Waals surface area contributed by atoms with Crippen LogP contribution in [0.25, 0.3) is 16.9 Å². The summed E-state index contributed by atoms with van der Waals surface area (Å²) in [6, 6.07) is 16.2. The number of hydrogen-bond acceptors (Lipinski definition) is 3. The fourth-order valence-corrected chi connectivity index (χ4v) is 3.63. The molecule has 3 aromatic rings. The Hall–Kier alpha value is -3.03. The van der Waals surface area contributed by atoms with E-state index in [-0.39, 0.29) is 24.5 Å². The number of anilines is 1. The molecule has 3 amide bonds. The van der Waals surface area contributed by atoms with Crippen LogP contribution in [-0.4, -0.2) is 45.8 Å². The minimum Gasteiger partial charge on any atom is -0.338 e. The summed E-state index contributed by atoms with van der Waals surface area (Å²) in [5.74, 6) is 0.123. The summed E-state index contributed by atoms with van der Waals surface area (Å²) in [5, 5.41) is 11.3. The first-order valence-corrected chi connectivity index (χ1v) is 12.0. The second kappa shape index (κ2) is 11.9. The van der Waals surface area contributed by atoms with Crippen LogP contribution in [-0.2, 0) is 4.79 Å². The standard InChI is InChI=1S/C25H29Cl2N5O2/c1-4-5-13-28-25(34)31(17(2)3)16-24(33)29-23-15-22(18-9-7-6-8-10-18)30-32(23)19-11-12-20(26)21(27)14-19/h6-12,14-15,17H,4-5,13,16H2,1-3H3,(H,28,34)(H,29,33). The van der Waals surface area contributed by atoms with Gasteiger partial charge in [0, 0.05) is 24.2 Å². The van der Waals surface area contributed by atoms with E-state index in [4.69, 9.17) is 23.2 Å². The van der Waals surface area contributed by atoms with Gasteiger partial charge in [0.1, 0.15) is 12.4 Å². The number of carbonyl (C=O) groups is 2. The van der Waals surface area contributed by atoms with E-state index in [1.54, 1.807) is 28.9 Å². The SMILES string of the molecule is CCCCNC(=O)N(CC(=O)Nc1cc(-c2ccccc2)nn1-c1ccc(Cl)c(Cl)c1)C(C)C. The first-order valence-electron chi connectivity index (χ1n) is 11.3. The van der Waals surface area contributed by atoms with Crippen LogP contribution in [0.5, 0.6) is 0 Å². The summed E-state index contributed by atoms with van der Waals surface area (Å²) in [5.41, 5.74) is 2.22. The van der Waals surface area contributed by atoms with Gasteiger partial charge < -0.3 is 15.5 Å². The lowest BCUT2D eigenvalue weighted by Gasteiger charge is -2.26. The Bertz CT molecular complexity index is 1130. The van der Waals surface area contributed by atoms with E-state index in [1.807, 2.05) is 44.2 Å². The number of aromatic nitrogens is 2. The molecule has 9 heteroatoms. The third-order valence-electron chi connectivity index (χ3n) is 5.20. The van der Waals surface area contributed by atoms with Crippen LogP contribution < -0.4 is 10.6 Å². The number of urea groups is 1. The molecule has 0 aliphatic rings. The highest BCUT2D eigenvalue weighted by molar-refractivity contribution is 6.42. The third kappa shape index (κ3) is 6.52. The van der Waals surface area contributed by atoms with Gasteiger partial charge in [0.05, 0.1) is 21.4 Å². The number of carbonyl (C=O) groups excluding carboxylic acids is 2. The molecule has 0 unspecified atom stereocenters. The lowest BCUT2D eigenvalue weighted by molar-refractivity contribution is -0.117. The Morgan fingerprint density at radius 2 is 1.79 bits per heavy atom. The Morgan fingerprint density at radius 1 is 1.06 bits per heavy atom. The van der Waals surface area contributed by atoms with Gasteiger partial charge in [-0.15, -0.1) is 0 Å². The van der Waals surface area contributed by atoms with Crippen molar-refractivity contribution >= 4 is 41.0 Å². The number of nitrogens with one attached hydrogen (secondary N) is 2. The number of rotatable bonds is 9. The number of amides is 3. The van der Waals surface area contributed by atoms with Gasteiger partial charge in [0.2, 0.25) is 5.91 Å². The molecule has 7 nitrogen and oxygen atoms in total. The molecule has 0 spiro atoms. The highest BCUT2D eigenvalue weighted by atomic mass is 35.5. The summed E-state index contributed by atoms with van der Waals surface area (Å²) in [6.07, 6.45) is 1.86. The molecule has 0 saturated carbocycles. The average molecular weight is 502 g/mol. The molecule has 34 heavy (non-hydrogen) atoms. The molecule has 1 aromatic heterocycles. The molecule has 0 radical (unpaired) electrons. The summed E-state index contributed by atoms with van der Waals surface area (Å²) in [7, 11) is 0.